The van der Waals surface area contributed by atoms with Gasteiger partial charge in [0.25, 0.3) is 10.0 Å². The first-order valence-corrected chi connectivity index (χ1v) is 14.4. The number of carbonyl (C=O) groups is 2. The summed E-state index contributed by atoms with van der Waals surface area (Å²) in [5.41, 5.74) is 0.963. The van der Waals surface area contributed by atoms with Crippen molar-refractivity contribution < 1.29 is 22.7 Å². The van der Waals surface area contributed by atoms with Gasteiger partial charge < -0.3 is 15.0 Å². The molecule has 3 aromatic rings. The van der Waals surface area contributed by atoms with E-state index in [2.05, 4.69) is 21.2 Å². The van der Waals surface area contributed by atoms with Crippen LogP contribution in [0.5, 0.6) is 5.75 Å². The van der Waals surface area contributed by atoms with Crippen LogP contribution in [0.3, 0.4) is 0 Å². The predicted octanol–water partition coefficient (Wildman–Crippen LogP) is 4.86. The highest BCUT2D eigenvalue weighted by atomic mass is 79.9. The van der Waals surface area contributed by atoms with E-state index in [1.54, 1.807) is 32.0 Å². The minimum Gasteiger partial charge on any atom is -0.495 e. The van der Waals surface area contributed by atoms with E-state index in [9.17, 15) is 18.0 Å². The van der Waals surface area contributed by atoms with Crippen LogP contribution in [0.4, 0.5) is 5.69 Å². The minimum atomic E-state index is -4.17. The second-order valence-electron chi connectivity index (χ2n) is 8.36. The Balaban J connectivity index is 2.04. The largest absolute Gasteiger partial charge is 0.495 e. The van der Waals surface area contributed by atoms with Gasteiger partial charge in [-0.2, -0.15) is 0 Å². The molecule has 8 nitrogen and oxygen atoms in total. The molecule has 202 valence electrons. The van der Waals surface area contributed by atoms with Gasteiger partial charge in [0.2, 0.25) is 11.8 Å². The monoisotopic (exact) mass is 621 g/mol. The normalized spacial score (nSPS) is 11.9. The summed E-state index contributed by atoms with van der Waals surface area (Å²) in [4.78, 5) is 27.9. The van der Waals surface area contributed by atoms with Crippen molar-refractivity contribution in [3.8, 4) is 5.75 Å². The average molecular weight is 623 g/mol. The van der Waals surface area contributed by atoms with Crippen LogP contribution >= 0.6 is 27.5 Å². The van der Waals surface area contributed by atoms with Crippen LogP contribution in [-0.2, 0) is 26.2 Å². The number of hydrogen-bond acceptors (Lipinski definition) is 5. The summed E-state index contributed by atoms with van der Waals surface area (Å²) in [5.74, 6) is -0.540. The number of ether oxygens (including phenoxy) is 1. The molecular weight excluding hydrogens is 594 g/mol. The van der Waals surface area contributed by atoms with Gasteiger partial charge in [-0.25, -0.2) is 8.42 Å². The van der Waals surface area contributed by atoms with Crippen LogP contribution < -0.4 is 14.4 Å². The van der Waals surface area contributed by atoms with Crippen LogP contribution in [0.25, 0.3) is 0 Å². The van der Waals surface area contributed by atoms with E-state index in [-0.39, 0.29) is 28.1 Å². The molecule has 0 aliphatic rings. The topological polar surface area (TPSA) is 96.0 Å². The summed E-state index contributed by atoms with van der Waals surface area (Å²) in [6.07, 6.45) is 0. The Bertz CT molecular complexity index is 1370. The van der Waals surface area contributed by atoms with E-state index in [0.29, 0.717) is 12.3 Å². The van der Waals surface area contributed by atoms with Crippen LogP contribution in [0.2, 0.25) is 5.02 Å². The molecule has 0 saturated heterocycles. The second-order valence-corrected chi connectivity index (χ2v) is 11.5. The molecule has 11 heteroatoms. The number of hydrogen-bond donors (Lipinski definition) is 1. The standard InChI is InChI=1S/C27H29BrClN3O5S/c1-4-30-27(34)19(2)31(17-20-10-12-21(28)13-11-20)26(33)18-32(22-14-15-25(37-3)24(29)16-22)38(35,36)23-8-6-5-7-9-23/h5-16,19H,4,17-18H2,1-3H3,(H,30,34)/t19-/m1/s1. The molecule has 0 aliphatic heterocycles. The van der Waals surface area contributed by atoms with Crippen molar-refractivity contribution in [1.82, 2.24) is 10.2 Å². The molecule has 38 heavy (non-hydrogen) atoms. The van der Waals surface area contributed by atoms with Crippen molar-refractivity contribution in [1.29, 1.82) is 0 Å². The van der Waals surface area contributed by atoms with E-state index in [1.165, 1.54) is 42.3 Å². The molecule has 0 unspecified atom stereocenters. The number of carbonyl (C=O) groups excluding carboxylic acids is 2. The molecular formula is C27H29BrClN3O5S. The third-order valence-corrected chi connectivity index (χ3v) is 8.43. The Morgan fingerprint density at radius 2 is 1.71 bits per heavy atom. The molecule has 3 rings (SSSR count). The molecule has 2 amide bonds. The first kappa shape index (κ1) is 29.5. The first-order valence-electron chi connectivity index (χ1n) is 11.8. The lowest BCUT2D eigenvalue weighted by molar-refractivity contribution is -0.139. The number of sulfonamides is 1. The smallest absolute Gasteiger partial charge is 0.264 e. The molecule has 0 radical (unpaired) electrons. The molecule has 1 atom stereocenters. The van der Waals surface area contributed by atoms with E-state index in [1.807, 2.05) is 24.3 Å². The molecule has 1 N–H and O–H groups in total. The third-order valence-electron chi connectivity index (χ3n) is 5.82. The fraction of sp³-hybridized carbons (Fsp3) is 0.259. The van der Waals surface area contributed by atoms with Crippen molar-refractivity contribution in [3.05, 3.63) is 87.9 Å². The third kappa shape index (κ3) is 7.06. The lowest BCUT2D eigenvalue weighted by atomic mass is 10.1. The summed E-state index contributed by atoms with van der Waals surface area (Å²) < 4.78 is 34.6. The molecule has 0 saturated carbocycles. The highest BCUT2D eigenvalue weighted by molar-refractivity contribution is 9.10. The van der Waals surface area contributed by atoms with E-state index < -0.39 is 28.5 Å². The first-order chi connectivity index (χ1) is 18.1. The number of methoxy groups -OCH3 is 1. The average Bonchev–Trinajstić information content (AvgIpc) is 2.91. The lowest BCUT2D eigenvalue weighted by Crippen LogP contribution is -2.51. The van der Waals surface area contributed by atoms with Gasteiger partial charge in [-0.15, -0.1) is 0 Å². The van der Waals surface area contributed by atoms with E-state index in [4.69, 9.17) is 16.3 Å². The fourth-order valence-electron chi connectivity index (χ4n) is 3.75. The maximum absolute atomic E-state index is 13.8. The summed E-state index contributed by atoms with van der Waals surface area (Å²) >= 11 is 9.71. The molecule has 0 fully saturated rings. The van der Waals surface area contributed by atoms with Gasteiger partial charge in [0.15, 0.2) is 0 Å². The van der Waals surface area contributed by atoms with Crippen molar-refractivity contribution in [2.75, 3.05) is 24.5 Å². The number of likely N-dealkylation sites (N-methyl/N-ethyl adjacent to an activating group) is 1. The zero-order valence-corrected chi connectivity index (χ0v) is 24.4. The Kier molecular flexibility index (Phi) is 10.2. The Morgan fingerprint density at radius 1 is 1.05 bits per heavy atom. The zero-order valence-electron chi connectivity index (χ0n) is 21.2. The highest BCUT2D eigenvalue weighted by Crippen LogP contribution is 2.32. The lowest BCUT2D eigenvalue weighted by Gasteiger charge is -2.32. The zero-order chi connectivity index (χ0) is 27.9. The van der Waals surface area contributed by atoms with Gasteiger partial charge in [-0.1, -0.05) is 57.9 Å². The fourth-order valence-corrected chi connectivity index (χ4v) is 5.69. The predicted molar refractivity (Wildman–Crippen MR) is 152 cm³/mol. The SMILES string of the molecule is CCNC(=O)[C@@H](C)N(Cc1ccc(Br)cc1)C(=O)CN(c1ccc(OC)c(Cl)c1)S(=O)(=O)c1ccccc1. The van der Waals surface area contributed by atoms with Gasteiger partial charge in [-0.05, 0) is 61.9 Å². The van der Waals surface area contributed by atoms with Crippen LogP contribution in [0.15, 0.2) is 82.2 Å². The van der Waals surface area contributed by atoms with Gasteiger partial charge in [-0.3, -0.25) is 13.9 Å². The maximum Gasteiger partial charge on any atom is 0.264 e. The molecule has 0 aliphatic carbocycles. The van der Waals surface area contributed by atoms with Gasteiger partial charge in [0.05, 0.1) is 22.7 Å². The van der Waals surface area contributed by atoms with Crippen molar-refractivity contribution >= 4 is 55.1 Å². The number of amides is 2. The quantitative estimate of drug-likeness (QED) is 0.330. The van der Waals surface area contributed by atoms with Crippen LogP contribution in [0, 0.1) is 0 Å². The van der Waals surface area contributed by atoms with Crippen molar-refractivity contribution in [2.24, 2.45) is 0 Å². The molecule has 3 aromatic carbocycles. The van der Waals surface area contributed by atoms with Gasteiger partial charge in [0.1, 0.15) is 18.3 Å². The molecule has 0 aromatic heterocycles. The van der Waals surface area contributed by atoms with Crippen molar-refractivity contribution in [3.63, 3.8) is 0 Å². The number of nitrogens with one attached hydrogen (secondary N) is 1. The van der Waals surface area contributed by atoms with E-state index in [0.717, 1.165) is 14.3 Å². The highest BCUT2D eigenvalue weighted by Gasteiger charge is 2.32. The Morgan fingerprint density at radius 3 is 2.29 bits per heavy atom. The number of halogens is 2. The molecule has 0 spiro atoms. The van der Waals surface area contributed by atoms with Gasteiger partial charge in [0, 0.05) is 17.6 Å². The summed E-state index contributed by atoms with van der Waals surface area (Å²) in [5, 5.41) is 2.92. The molecule has 0 bridgehead atoms. The number of rotatable bonds is 11. The summed E-state index contributed by atoms with van der Waals surface area (Å²) in [7, 11) is -2.72. The van der Waals surface area contributed by atoms with Crippen LogP contribution in [0.1, 0.15) is 19.4 Å². The van der Waals surface area contributed by atoms with Gasteiger partial charge >= 0.3 is 0 Å². The minimum absolute atomic E-state index is 0.0102. The Hall–Kier alpha value is -3.08. The maximum atomic E-state index is 13.8. The van der Waals surface area contributed by atoms with E-state index >= 15 is 0 Å². The second kappa shape index (κ2) is 13.1. The summed E-state index contributed by atoms with van der Waals surface area (Å²) in [6, 6.07) is 18.8. The Labute approximate surface area is 236 Å². The van der Waals surface area contributed by atoms with Crippen molar-refractivity contribution in [2.45, 2.75) is 31.3 Å². The number of anilines is 1. The number of nitrogens with zero attached hydrogens (tertiary/aromatic N) is 2. The molecule has 0 heterocycles. The van der Waals surface area contributed by atoms with Crippen LogP contribution in [-0.4, -0.2) is 51.4 Å². The summed E-state index contributed by atoms with van der Waals surface area (Å²) in [6.45, 7) is 3.34. The number of benzene rings is 3.